The molecule has 0 radical (unpaired) electrons. The van der Waals surface area contributed by atoms with Gasteiger partial charge in [0.15, 0.2) is 11.6 Å². The number of alkyl carbamates (subject to hydrolysis) is 4. The van der Waals surface area contributed by atoms with Crippen molar-refractivity contribution in [3.8, 4) is 0 Å². The van der Waals surface area contributed by atoms with Gasteiger partial charge in [-0.2, -0.15) is 0 Å². The van der Waals surface area contributed by atoms with E-state index in [0.29, 0.717) is 112 Å². The minimum atomic E-state index is -1.09. The van der Waals surface area contributed by atoms with Gasteiger partial charge < -0.3 is 110 Å². The number of morpholine rings is 5. The van der Waals surface area contributed by atoms with E-state index < -0.39 is 102 Å². The number of carbonyl (C=O) groups is 12. The molecule has 5 heterocycles. The standard InChI is InChI=1S/C19H34N2O5.C14H26N2O3.C12H22N2O4.C11H21NO4.C8H15NO4.C7H14N2O2.C4H9NO.CH3F/c1-7-13(2)16(20-18(24)26-19(4,5)6)15(22)12-14(3)17(23)21-8-10-25-11-9-21;1-4-10(2)13(15)12(17)9-11(3)14(18)16-5-7-19-8-6-16;1-9(13-11(16)18-12(2,3)4)10(15)14-5-7-17-8-6-14;1-6-7(2)8(9(13)14)12-10(15)16-11(3,4)5;1-5(6(10)11)9-7(12)13-8(2,3)4;1-6(8)7(10)9-2-4-11-5-3-9;1-3-6-4-2-5-1;1-2/h13-14,16H,7-12H2,1-6H3,(H,20,24);10-11,13H,4-9,15H2,1-3H3;9H,5-8H2,1-4H3,(H,13,16);7-8H,6H2,1-5H3,(H,12,15)(H,13,14);5H,1-4H3,(H,9,12)(H,10,11);6H,2-5,8H2,1H3;5H,1-4H2;1H3/t13-,14+,16-;10-,11+,13-;9-;7-,8-;5-;6-;;/m000000../s1/i;;;;;;;1D. The summed E-state index contributed by atoms with van der Waals surface area (Å²) in [5.41, 5.74) is 8.91. The van der Waals surface area contributed by atoms with Crippen molar-refractivity contribution in [3.05, 3.63) is 0 Å². The van der Waals surface area contributed by atoms with E-state index in [0.717, 1.165) is 39.1 Å². The van der Waals surface area contributed by atoms with Crippen LogP contribution in [-0.4, -0.2) is 299 Å². The van der Waals surface area contributed by atoms with Gasteiger partial charge in [-0.25, -0.2) is 24.0 Å². The summed E-state index contributed by atoms with van der Waals surface area (Å²) < 4.78 is 61.5. The number of nitrogens with zero attached hydrogens (tertiary/aromatic N) is 4. The molecule has 0 aromatic carbocycles. The Morgan fingerprint density at radius 1 is 0.414 bits per heavy atom. The topological polar surface area (TPSA) is 454 Å². The Balaban J connectivity index is -0.00000126. The van der Waals surface area contributed by atoms with Crippen LogP contribution in [-0.2, 0) is 81.0 Å². The number of carboxylic acids is 2. The average Bonchev–Trinajstić information content (AvgIpc) is 0.822. The van der Waals surface area contributed by atoms with Crippen molar-refractivity contribution >= 4 is 71.5 Å². The molecule has 0 spiro atoms. The van der Waals surface area contributed by atoms with E-state index in [1.165, 1.54) is 6.92 Å². The number of nitrogens with one attached hydrogen (secondary N) is 5. The lowest BCUT2D eigenvalue weighted by Crippen LogP contribution is -2.51. The number of Topliss-reactive ketones (excluding diaryl/α,β-unsaturated/α-hetero) is 2. The van der Waals surface area contributed by atoms with Crippen LogP contribution in [0.25, 0.3) is 0 Å². The zero-order valence-corrected chi connectivity index (χ0v) is 71.0. The molecule has 8 amide bonds. The molecule has 648 valence electrons. The van der Waals surface area contributed by atoms with Crippen LogP contribution < -0.4 is 38.1 Å². The van der Waals surface area contributed by atoms with Crippen LogP contribution in [0.4, 0.5) is 23.6 Å². The molecule has 35 heteroatoms. The Bertz CT molecular complexity index is 2730. The largest absolute Gasteiger partial charge is 0.480 e. The molecular formula is C76H144FN11O23. The number of hydrogen-bond donors (Lipinski definition) is 9. The van der Waals surface area contributed by atoms with Gasteiger partial charge in [0.05, 0.1) is 92.7 Å². The fourth-order valence-corrected chi connectivity index (χ4v) is 9.87. The van der Waals surface area contributed by atoms with Crippen molar-refractivity contribution in [2.75, 3.05) is 139 Å². The van der Waals surface area contributed by atoms with Gasteiger partial charge in [-0.15, -0.1) is 0 Å². The van der Waals surface area contributed by atoms with Crippen LogP contribution in [0.3, 0.4) is 0 Å². The van der Waals surface area contributed by atoms with Crippen molar-refractivity contribution in [1.29, 1.82) is 0 Å². The number of amides is 8. The Morgan fingerprint density at radius 3 is 0.955 bits per heavy atom. The second-order valence-corrected chi connectivity index (χ2v) is 31.4. The fraction of sp³-hybridized carbons (Fsp3) is 0.842. The molecule has 5 fully saturated rings. The predicted octanol–water partition coefficient (Wildman–Crippen LogP) is 6.33. The van der Waals surface area contributed by atoms with Gasteiger partial charge in [-0.05, 0) is 122 Å². The number of rotatable bonds is 22. The normalized spacial score (nSPS) is 18.2. The van der Waals surface area contributed by atoms with Crippen LogP contribution in [0, 0.1) is 29.6 Å². The molecule has 0 saturated carbocycles. The van der Waals surface area contributed by atoms with Crippen LogP contribution >= 0.6 is 0 Å². The molecule has 5 rings (SSSR count). The summed E-state index contributed by atoms with van der Waals surface area (Å²) in [7, 11) is -1.00. The van der Waals surface area contributed by atoms with Crippen molar-refractivity contribution < 1.29 is 116 Å². The number of alkyl halides is 1. The fourth-order valence-electron chi connectivity index (χ4n) is 9.87. The zero-order valence-electron chi connectivity index (χ0n) is 72.0. The molecule has 0 unspecified atom stereocenters. The zero-order chi connectivity index (χ0) is 86.9. The first-order valence-corrected chi connectivity index (χ1v) is 38.4. The van der Waals surface area contributed by atoms with Gasteiger partial charge in [0.2, 0.25) is 23.6 Å². The maximum atomic E-state index is 12.8. The van der Waals surface area contributed by atoms with E-state index >= 15 is 0 Å². The van der Waals surface area contributed by atoms with Crippen LogP contribution in [0.15, 0.2) is 0 Å². The first-order valence-electron chi connectivity index (χ1n) is 39.1. The van der Waals surface area contributed by atoms with Gasteiger partial charge in [-0.1, -0.05) is 74.7 Å². The van der Waals surface area contributed by atoms with Gasteiger partial charge in [0, 0.05) is 90.1 Å². The summed E-state index contributed by atoms with van der Waals surface area (Å²) in [6.07, 6.45) is 0.0223. The summed E-state index contributed by atoms with van der Waals surface area (Å²) in [6, 6.07) is -3.92. The molecule has 0 aliphatic carbocycles. The molecule has 11 N–H and O–H groups in total. The maximum absolute atomic E-state index is 12.8. The van der Waals surface area contributed by atoms with Gasteiger partial charge in [0.1, 0.15) is 40.5 Å². The minimum Gasteiger partial charge on any atom is -0.480 e. The van der Waals surface area contributed by atoms with E-state index in [1.54, 1.807) is 137 Å². The second kappa shape index (κ2) is 57.0. The molecule has 11 atom stereocenters. The van der Waals surface area contributed by atoms with Crippen molar-refractivity contribution in [3.63, 3.8) is 0 Å². The highest BCUT2D eigenvalue weighted by Gasteiger charge is 2.34. The summed E-state index contributed by atoms with van der Waals surface area (Å²) in [5.74, 6) is -3.10. The number of ketones is 2. The Kier molecular flexibility index (Phi) is 54.4. The molecule has 5 aliphatic rings. The van der Waals surface area contributed by atoms with Crippen LogP contribution in [0.2, 0.25) is 0 Å². The smallest absolute Gasteiger partial charge is 0.408 e. The third-order valence-corrected chi connectivity index (χ3v) is 16.6. The number of halogens is 1. The number of carbonyl (C=O) groups excluding carboxylic acids is 10. The van der Waals surface area contributed by atoms with Crippen molar-refractivity contribution in [2.45, 2.75) is 250 Å². The minimum absolute atomic E-state index is 0.0107. The summed E-state index contributed by atoms with van der Waals surface area (Å²) in [6.45, 7) is 54.0. The van der Waals surface area contributed by atoms with Crippen LogP contribution in [0.1, 0.15) is 193 Å². The highest BCUT2D eigenvalue weighted by Crippen LogP contribution is 2.20. The summed E-state index contributed by atoms with van der Waals surface area (Å²) in [4.78, 5) is 147. The third kappa shape index (κ3) is 52.7. The van der Waals surface area contributed by atoms with Crippen LogP contribution in [0.5, 0.6) is 0 Å². The Morgan fingerprint density at radius 2 is 0.685 bits per heavy atom. The van der Waals surface area contributed by atoms with E-state index in [4.69, 9.17) is 65.7 Å². The molecular weight excluding hydrogens is 1450 g/mol. The van der Waals surface area contributed by atoms with E-state index in [1.807, 2.05) is 34.6 Å². The first-order chi connectivity index (χ1) is 51.8. The maximum Gasteiger partial charge on any atom is 0.408 e. The average molecular weight is 1600 g/mol. The monoisotopic (exact) mass is 1600 g/mol. The van der Waals surface area contributed by atoms with Crippen molar-refractivity contribution in [2.24, 2.45) is 41.1 Å². The van der Waals surface area contributed by atoms with E-state index in [9.17, 15) is 61.9 Å². The number of ether oxygens (including phenoxy) is 9. The van der Waals surface area contributed by atoms with Gasteiger partial charge in [0.25, 0.3) is 0 Å². The molecule has 0 aromatic heterocycles. The molecule has 111 heavy (non-hydrogen) atoms. The lowest BCUT2D eigenvalue weighted by atomic mass is 9.90. The Labute approximate surface area is 661 Å². The highest BCUT2D eigenvalue weighted by atomic mass is 19.1. The quantitative estimate of drug-likeness (QED) is 0.0534. The summed E-state index contributed by atoms with van der Waals surface area (Å²) >= 11 is 0. The molecule has 5 saturated heterocycles. The lowest BCUT2D eigenvalue weighted by Gasteiger charge is -2.30. The van der Waals surface area contributed by atoms with Gasteiger partial charge in [-0.3, -0.25) is 38.0 Å². The number of aliphatic carboxylic acids is 2. The highest BCUT2D eigenvalue weighted by molar-refractivity contribution is 5.92. The lowest BCUT2D eigenvalue weighted by molar-refractivity contribution is -0.141. The Hall–Kier alpha value is -7.15. The van der Waals surface area contributed by atoms with Crippen molar-refractivity contribution in [1.82, 2.24) is 46.2 Å². The number of hydrogen-bond acceptors (Lipinski definition) is 24. The number of nitrogens with two attached hydrogens (primary N) is 2. The molecule has 0 aromatic rings. The first kappa shape index (κ1) is 106. The van der Waals surface area contributed by atoms with E-state index in [-0.39, 0.29) is 77.8 Å². The summed E-state index contributed by atoms with van der Waals surface area (Å²) in [5, 5.41) is 30.3. The molecule has 0 bridgehead atoms. The number of carboxylic acid groups (broad SMARTS) is 2. The molecule has 5 aliphatic heterocycles. The van der Waals surface area contributed by atoms with E-state index in [2.05, 4.69) is 26.6 Å². The van der Waals surface area contributed by atoms with Gasteiger partial charge >= 0.3 is 36.3 Å². The second-order valence-electron chi connectivity index (χ2n) is 31.4. The molecule has 34 nitrogen and oxygen atoms in total. The third-order valence-electron chi connectivity index (χ3n) is 16.6. The SMILES string of the molecule is C1COCCN1.CC[C@H](C)[C@H](N)C(=O)C[C@@H](C)C(=O)N1CCOCC1.CC[C@H](C)[C@H](NC(=O)OC(C)(C)C)C(=O)C[C@@H](C)C(=O)N1CCOCC1.CC[C@H](C)[C@H](NC(=O)OC(C)(C)C)C(=O)O.C[C@H](N)C(=O)N1CCOCC1.C[C@H](NC(=O)OC(C)(C)C)C(=O)N1CCOCC1.C[C@H](NC(=O)OC(C)(C)C)C(=O)O.[2H]CF. The predicted molar refractivity (Wildman–Crippen MR) is 417 cm³/mol.